The van der Waals surface area contributed by atoms with E-state index in [4.69, 9.17) is 5.73 Å². The van der Waals surface area contributed by atoms with Crippen LogP contribution in [0.2, 0.25) is 0 Å². The summed E-state index contributed by atoms with van der Waals surface area (Å²) in [5, 5.41) is 2.95. The summed E-state index contributed by atoms with van der Waals surface area (Å²) < 4.78 is 0. The Balaban J connectivity index is 0.00000128. The van der Waals surface area contributed by atoms with Crippen molar-refractivity contribution in [2.24, 2.45) is 23.5 Å². The quantitative estimate of drug-likeness (QED) is 0.793. The Morgan fingerprint density at radius 1 is 1.44 bits per heavy atom. The zero-order valence-corrected chi connectivity index (χ0v) is 10.8. The van der Waals surface area contributed by atoms with E-state index in [9.17, 15) is 4.79 Å². The Morgan fingerprint density at radius 3 is 2.69 bits per heavy atom. The zero-order chi connectivity index (χ0) is 10.8. The van der Waals surface area contributed by atoms with Gasteiger partial charge in [0.25, 0.3) is 0 Å². The van der Waals surface area contributed by atoms with Gasteiger partial charge < -0.3 is 11.1 Å². The minimum absolute atomic E-state index is 0. The highest BCUT2D eigenvalue weighted by Crippen LogP contribution is 2.49. The molecule has 2 bridgehead atoms. The maximum atomic E-state index is 11.7. The van der Waals surface area contributed by atoms with Gasteiger partial charge in [0, 0.05) is 19.0 Å². The van der Waals surface area contributed by atoms with Crippen molar-refractivity contribution >= 4 is 18.3 Å². The van der Waals surface area contributed by atoms with Crippen LogP contribution in [0.4, 0.5) is 0 Å². The van der Waals surface area contributed by atoms with Gasteiger partial charge in [-0.2, -0.15) is 0 Å². The molecule has 2 fully saturated rings. The molecule has 2 rings (SSSR count). The summed E-state index contributed by atoms with van der Waals surface area (Å²) in [4.78, 5) is 11.7. The molecule has 0 radical (unpaired) electrons. The molecule has 0 spiro atoms. The van der Waals surface area contributed by atoms with Gasteiger partial charge >= 0.3 is 0 Å². The average Bonchev–Trinajstić information content (AvgIpc) is 2.78. The van der Waals surface area contributed by atoms with Crippen LogP contribution in [0.25, 0.3) is 0 Å². The van der Waals surface area contributed by atoms with E-state index in [1.54, 1.807) is 0 Å². The van der Waals surface area contributed by atoms with Crippen LogP contribution in [0.1, 0.15) is 39.0 Å². The third-order valence-electron chi connectivity index (χ3n) is 4.09. The average molecular weight is 247 g/mol. The zero-order valence-electron chi connectivity index (χ0n) is 9.95. The molecule has 0 aromatic heterocycles. The first-order chi connectivity index (χ1) is 7.19. The SMILES string of the molecule is C[C@H](CN)NC(=O)CC1CC2CCC1C2.Cl. The lowest BCUT2D eigenvalue weighted by Gasteiger charge is -2.21. The predicted octanol–water partition coefficient (Wildman–Crippen LogP) is 1.70. The lowest BCUT2D eigenvalue weighted by atomic mass is 9.86. The Morgan fingerprint density at radius 2 is 2.19 bits per heavy atom. The minimum atomic E-state index is 0. The third kappa shape index (κ3) is 3.11. The first-order valence-electron chi connectivity index (χ1n) is 6.18. The van der Waals surface area contributed by atoms with E-state index < -0.39 is 0 Å². The molecule has 1 amide bonds. The monoisotopic (exact) mass is 246 g/mol. The number of hydrogen-bond acceptors (Lipinski definition) is 2. The fourth-order valence-electron chi connectivity index (χ4n) is 3.26. The van der Waals surface area contributed by atoms with Crippen LogP contribution in [0.3, 0.4) is 0 Å². The summed E-state index contributed by atoms with van der Waals surface area (Å²) in [6.07, 6.45) is 6.15. The minimum Gasteiger partial charge on any atom is -0.352 e. The normalized spacial score (nSPS) is 33.2. The molecule has 16 heavy (non-hydrogen) atoms. The van der Waals surface area contributed by atoms with E-state index in [2.05, 4.69) is 5.32 Å². The number of carbonyl (C=O) groups is 1. The van der Waals surface area contributed by atoms with Crippen LogP contribution in [0.5, 0.6) is 0 Å². The predicted molar refractivity (Wildman–Crippen MR) is 67.5 cm³/mol. The Kier molecular flexibility index (Phi) is 5.06. The lowest BCUT2D eigenvalue weighted by molar-refractivity contribution is -0.122. The van der Waals surface area contributed by atoms with Crippen LogP contribution in [0, 0.1) is 17.8 Å². The number of amides is 1. The van der Waals surface area contributed by atoms with E-state index in [0.29, 0.717) is 12.5 Å². The Hall–Kier alpha value is -0.280. The highest BCUT2D eigenvalue weighted by atomic mass is 35.5. The van der Waals surface area contributed by atoms with Gasteiger partial charge in [-0.1, -0.05) is 6.42 Å². The number of halogens is 1. The maximum absolute atomic E-state index is 11.7. The molecule has 2 aliphatic carbocycles. The fourth-order valence-corrected chi connectivity index (χ4v) is 3.26. The fraction of sp³-hybridized carbons (Fsp3) is 0.917. The van der Waals surface area contributed by atoms with Crippen molar-refractivity contribution < 1.29 is 4.79 Å². The highest BCUT2D eigenvalue weighted by molar-refractivity contribution is 5.85. The Bertz CT molecular complexity index is 247. The number of carbonyl (C=O) groups excluding carboxylic acids is 1. The molecule has 0 aromatic rings. The van der Waals surface area contributed by atoms with Crippen molar-refractivity contribution in [2.45, 2.75) is 45.1 Å². The van der Waals surface area contributed by atoms with E-state index in [-0.39, 0.29) is 24.4 Å². The molecule has 3 unspecified atom stereocenters. The first-order valence-corrected chi connectivity index (χ1v) is 6.18. The van der Waals surface area contributed by atoms with Gasteiger partial charge in [0.05, 0.1) is 0 Å². The highest BCUT2D eigenvalue weighted by Gasteiger charge is 2.40. The van der Waals surface area contributed by atoms with Crippen molar-refractivity contribution in [3.05, 3.63) is 0 Å². The summed E-state index contributed by atoms with van der Waals surface area (Å²) in [6, 6.07) is 0.121. The van der Waals surface area contributed by atoms with Crippen LogP contribution >= 0.6 is 12.4 Å². The van der Waals surface area contributed by atoms with E-state index >= 15 is 0 Å². The number of nitrogens with two attached hydrogens (primary N) is 1. The maximum Gasteiger partial charge on any atom is 0.220 e. The second-order valence-electron chi connectivity index (χ2n) is 5.34. The second kappa shape index (κ2) is 5.87. The van der Waals surface area contributed by atoms with Crippen LogP contribution < -0.4 is 11.1 Å². The summed E-state index contributed by atoms with van der Waals surface area (Å²) in [6.45, 7) is 2.49. The molecule has 3 N–H and O–H groups in total. The standard InChI is InChI=1S/C12H22N2O.ClH/c1-8(7-13)14-12(15)6-11-5-9-2-3-10(11)4-9;/h8-11H,2-7,13H2,1H3,(H,14,15);1H/t8-,9?,10?,11?;/m1./s1. The smallest absolute Gasteiger partial charge is 0.220 e. The number of nitrogens with one attached hydrogen (secondary N) is 1. The van der Waals surface area contributed by atoms with Gasteiger partial charge in [-0.15, -0.1) is 12.4 Å². The van der Waals surface area contributed by atoms with Gasteiger partial charge in [0.1, 0.15) is 0 Å². The molecule has 0 aromatic carbocycles. The molecule has 0 saturated heterocycles. The lowest BCUT2D eigenvalue weighted by Crippen LogP contribution is -2.38. The molecule has 4 atom stereocenters. The van der Waals surface area contributed by atoms with Crippen molar-refractivity contribution in [3.8, 4) is 0 Å². The Labute approximate surface area is 104 Å². The van der Waals surface area contributed by atoms with Gasteiger partial charge in [0.2, 0.25) is 5.91 Å². The molecule has 2 saturated carbocycles. The van der Waals surface area contributed by atoms with Crippen molar-refractivity contribution in [3.63, 3.8) is 0 Å². The molecule has 2 aliphatic rings. The molecule has 3 nitrogen and oxygen atoms in total. The van der Waals surface area contributed by atoms with Gasteiger partial charge in [-0.05, 0) is 43.9 Å². The van der Waals surface area contributed by atoms with E-state index in [1.165, 1.54) is 25.7 Å². The van der Waals surface area contributed by atoms with Gasteiger partial charge in [0.15, 0.2) is 0 Å². The summed E-state index contributed by atoms with van der Waals surface area (Å²) in [7, 11) is 0. The summed E-state index contributed by atoms with van der Waals surface area (Å²) >= 11 is 0. The third-order valence-corrected chi connectivity index (χ3v) is 4.09. The molecule has 0 aliphatic heterocycles. The van der Waals surface area contributed by atoms with Gasteiger partial charge in [-0.25, -0.2) is 0 Å². The number of fused-ring (bicyclic) bond motifs is 2. The second-order valence-corrected chi connectivity index (χ2v) is 5.34. The molecule has 0 heterocycles. The number of hydrogen-bond donors (Lipinski definition) is 2. The number of rotatable bonds is 4. The first kappa shape index (κ1) is 13.8. The largest absolute Gasteiger partial charge is 0.352 e. The van der Waals surface area contributed by atoms with Crippen LogP contribution in [-0.2, 0) is 4.79 Å². The summed E-state index contributed by atoms with van der Waals surface area (Å²) in [5.41, 5.74) is 5.47. The topological polar surface area (TPSA) is 55.1 Å². The van der Waals surface area contributed by atoms with Crippen molar-refractivity contribution in [1.29, 1.82) is 0 Å². The van der Waals surface area contributed by atoms with Gasteiger partial charge in [-0.3, -0.25) is 4.79 Å². The molecule has 4 heteroatoms. The van der Waals surface area contributed by atoms with Crippen LogP contribution in [0.15, 0.2) is 0 Å². The van der Waals surface area contributed by atoms with Crippen molar-refractivity contribution in [1.82, 2.24) is 5.32 Å². The van der Waals surface area contributed by atoms with Crippen molar-refractivity contribution in [2.75, 3.05) is 6.54 Å². The van der Waals surface area contributed by atoms with Crippen LogP contribution in [-0.4, -0.2) is 18.5 Å². The molecular formula is C12H23ClN2O. The molecular weight excluding hydrogens is 224 g/mol. The summed E-state index contributed by atoms with van der Waals surface area (Å²) in [5.74, 6) is 2.63. The molecule has 94 valence electrons. The van der Waals surface area contributed by atoms with E-state index in [1.807, 2.05) is 6.92 Å². The van der Waals surface area contributed by atoms with E-state index in [0.717, 1.165) is 18.3 Å².